The average molecular weight is 519 g/mol. The predicted molar refractivity (Wildman–Crippen MR) is 106 cm³/mol. The van der Waals surface area contributed by atoms with Crippen LogP contribution >= 0.6 is 15.9 Å². The highest BCUT2D eigenvalue weighted by Gasteiger charge is 2.37. The SMILES string of the molecule is COC(=O)COc1ccc(/C=C2/C(=O)N(c3c(F)c(F)c(F)c(F)c3F)N=C2C)cc1Br. The molecule has 1 aliphatic rings. The molecule has 0 bridgehead atoms. The summed E-state index contributed by atoms with van der Waals surface area (Å²) in [5.74, 6) is -12.5. The van der Waals surface area contributed by atoms with Gasteiger partial charge in [0.15, 0.2) is 29.9 Å². The summed E-state index contributed by atoms with van der Waals surface area (Å²) in [7, 11) is 1.20. The van der Waals surface area contributed by atoms with Gasteiger partial charge in [0, 0.05) is 0 Å². The minimum Gasteiger partial charge on any atom is -0.481 e. The number of hydrogen-bond donors (Lipinski definition) is 0. The minimum atomic E-state index is -2.34. The Labute approximate surface area is 186 Å². The third-order valence-electron chi connectivity index (χ3n) is 4.30. The number of carbonyl (C=O) groups is 2. The molecule has 0 atom stereocenters. The highest BCUT2D eigenvalue weighted by atomic mass is 79.9. The molecule has 0 fully saturated rings. The van der Waals surface area contributed by atoms with Crippen LogP contribution in [0, 0.1) is 29.1 Å². The van der Waals surface area contributed by atoms with Crippen molar-refractivity contribution in [3.05, 3.63) is 62.9 Å². The molecule has 2 aromatic carbocycles. The highest BCUT2D eigenvalue weighted by Crippen LogP contribution is 2.34. The summed E-state index contributed by atoms with van der Waals surface area (Å²) in [5.41, 5.74) is -1.20. The first-order chi connectivity index (χ1) is 15.1. The second-order valence-electron chi connectivity index (χ2n) is 6.33. The monoisotopic (exact) mass is 518 g/mol. The molecule has 0 saturated heterocycles. The van der Waals surface area contributed by atoms with Crippen LogP contribution in [-0.4, -0.2) is 31.3 Å². The third-order valence-corrected chi connectivity index (χ3v) is 4.92. The van der Waals surface area contributed by atoms with Gasteiger partial charge in [-0.1, -0.05) is 6.07 Å². The molecule has 12 heteroatoms. The van der Waals surface area contributed by atoms with Gasteiger partial charge in [0.05, 0.1) is 22.9 Å². The topological polar surface area (TPSA) is 68.2 Å². The van der Waals surface area contributed by atoms with Gasteiger partial charge in [0.1, 0.15) is 11.4 Å². The van der Waals surface area contributed by atoms with E-state index in [4.69, 9.17) is 4.74 Å². The molecule has 0 saturated carbocycles. The number of rotatable bonds is 5. The van der Waals surface area contributed by atoms with Crippen molar-refractivity contribution < 1.29 is 41.0 Å². The van der Waals surface area contributed by atoms with Crippen LogP contribution in [0.4, 0.5) is 27.6 Å². The van der Waals surface area contributed by atoms with Gasteiger partial charge in [0.25, 0.3) is 5.91 Å². The fraction of sp³-hybridized carbons (Fsp3) is 0.150. The van der Waals surface area contributed by atoms with Gasteiger partial charge in [-0.3, -0.25) is 4.79 Å². The number of amides is 1. The second kappa shape index (κ2) is 9.07. The van der Waals surface area contributed by atoms with Gasteiger partial charge >= 0.3 is 5.97 Å². The number of hydrazone groups is 1. The predicted octanol–water partition coefficient (Wildman–Crippen LogP) is 4.50. The minimum absolute atomic E-state index is 0.0129. The molecule has 0 radical (unpaired) electrons. The lowest BCUT2D eigenvalue weighted by Crippen LogP contribution is -2.25. The smallest absolute Gasteiger partial charge is 0.343 e. The first-order valence-corrected chi connectivity index (χ1v) is 9.48. The summed E-state index contributed by atoms with van der Waals surface area (Å²) in [5, 5.41) is 3.78. The molecule has 1 heterocycles. The van der Waals surface area contributed by atoms with Gasteiger partial charge in [-0.05, 0) is 46.6 Å². The maximum atomic E-state index is 14.1. The van der Waals surface area contributed by atoms with Crippen LogP contribution in [0.3, 0.4) is 0 Å². The first-order valence-electron chi connectivity index (χ1n) is 8.69. The molecule has 0 N–H and O–H groups in total. The number of benzene rings is 2. The molecule has 2 aromatic rings. The highest BCUT2D eigenvalue weighted by molar-refractivity contribution is 9.10. The van der Waals surface area contributed by atoms with Crippen LogP contribution < -0.4 is 9.75 Å². The summed E-state index contributed by atoms with van der Waals surface area (Å²) in [6.07, 6.45) is 1.31. The lowest BCUT2D eigenvalue weighted by Gasteiger charge is -2.15. The zero-order chi connectivity index (χ0) is 23.7. The van der Waals surface area contributed by atoms with E-state index in [9.17, 15) is 31.5 Å². The van der Waals surface area contributed by atoms with Crippen molar-refractivity contribution in [1.82, 2.24) is 0 Å². The quantitative estimate of drug-likeness (QED) is 0.192. The van der Waals surface area contributed by atoms with Crippen LogP contribution in [0.15, 0.2) is 33.3 Å². The van der Waals surface area contributed by atoms with Crippen molar-refractivity contribution in [3.63, 3.8) is 0 Å². The number of carbonyl (C=O) groups excluding carboxylic acids is 2. The fourth-order valence-corrected chi connectivity index (χ4v) is 3.21. The maximum absolute atomic E-state index is 14.1. The molecular formula is C20H12BrF5N2O4. The van der Waals surface area contributed by atoms with Crippen LogP contribution in [0.2, 0.25) is 0 Å². The van der Waals surface area contributed by atoms with Crippen molar-refractivity contribution in [2.24, 2.45) is 5.10 Å². The molecule has 32 heavy (non-hydrogen) atoms. The molecule has 0 aliphatic carbocycles. The van der Waals surface area contributed by atoms with E-state index in [0.717, 1.165) is 0 Å². The van der Waals surface area contributed by atoms with Crippen molar-refractivity contribution >= 4 is 45.3 Å². The largest absolute Gasteiger partial charge is 0.481 e. The number of hydrogen-bond acceptors (Lipinski definition) is 5. The van der Waals surface area contributed by atoms with E-state index in [2.05, 4.69) is 25.8 Å². The molecule has 1 amide bonds. The number of anilines is 1. The van der Waals surface area contributed by atoms with Crippen LogP contribution in [-0.2, 0) is 14.3 Å². The average Bonchev–Trinajstić information content (AvgIpc) is 3.03. The molecule has 3 rings (SSSR count). The Morgan fingerprint density at radius 3 is 2.25 bits per heavy atom. The Morgan fingerprint density at radius 1 is 1.09 bits per heavy atom. The summed E-state index contributed by atoms with van der Waals surface area (Å²) >= 11 is 3.24. The number of halogens is 6. The molecule has 6 nitrogen and oxygen atoms in total. The van der Waals surface area contributed by atoms with E-state index in [0.29, 0.717) is 15.8 Å². The number of esters is 1. The fourth-order valence-electron chi connectivity index (χ4n) is 2.70. The van der Waals surface area contributed by atoms with E-state index in [1.165, 1.54) is 38.3 Å². The standard InChI is InChI=1S/C20H12BrF5N2O4/c1-8-10(5-9-3-4-12(11(21)6-9)32-7-13(29)31-2)20(30)28(27-8)19-17(25)15(23)14(22)16(24)18(19)26/h3-6H,7H2,1-2H3/b10-5+. The number of nitrogens with zero attached hydrogens (tertiary/aromatic N) is 2. The van der Waals surface area contributed by atoms with Crippen molar-refractivity contribution in [1.29, 1.82) is 0 Å². The van der Waals surface area contributed by atoms with E-state index in [1.54, 1.807) is 0 Å². The zero-order valence-corrected chi connectivity index (χ0v) is 17.9. The lowest BCUT2D eigenvalue weighted by atomic mass is 10.1. The van der Waals surface area contributed by atoms with Gasteiger partial charge in [-0.15, -0.1) is 0 Å². The Morgan fingerprint density at radius 2 is 1.69 bits per heavy atom. The molecule has 0 spiro atoms. The van der Waals surface area contributed by atoms with E-state index < -0.39 is 46.6 Å². The second-order valence-corrected chi connectivity index (χ2v) is 7.19. The summed E-state index contributed by atoms with van der Waals surface area (Å²) in [6, 6.07) is 4.50. The number of ether oxygens (including phenoxy) is 2. The van der Waals surface area contributed by atoms with E-state index in [1.807, 2.05) is 0 Å². The third kappa shape index (κ3) is 4.22. The molecule has 1 aliphatic heterocycles. The summed E-state index contributed by atoms with van der Waals surface area (Å²) in [6.45, 7) is 0.995. The first kappa shape index (κ1) is 23.4. The summed E-state index contributed by atoms with van der Waals surface area (Å²) in [4.78, 5) is 23.9. The van der Waals surface area contributed by atoms with Gasteiger partial charge in [0.2, 0.25) is 5.82 Å². The van der Waals surface area contributed by atoms with Gasteiger partial charge in [-0.2, -0.15) is 10.1 Å². The van der Waals surface area contributed by atoms with Crippen molar-refractivity contribution in [3.8, 4) is 5.75 Å². The lowest BCUT2D eigenvalue weighted by molar-refractivity contribution is -0.142. The van der Waals surface area contributed by atoms with Gasteiger partial charge < -0.3 is 9.47 Å². The Bertz CT molecular complexity index is 1170. The zero-order valence-electron chi connectivity index (χ0n) is 16.3. The Balaban J connectivity index is 1.93. The Hall–Kier alpha value is -3.28. The van der Waals surface area contributed by atoms with E-state index >= 15 is 0 Å². The van der Waals surface area contributed by atoms with Crippen LogP contribution in [0.5, 0.6) is 5.75 Å². The normalized spacial score (nSPS) is 14.8. The van der Waals surface area contributed by atoms with E-state index in [-0.39, 0.29) is 22.9 Å². The van der Waals surface area contributed by atoms with Crippen LogP contribution in [0.1, 0.15) is 12.5 Å². The van der Waals surface area contributed by atoms with Crippen molar-refractivity contribution in [2.75, 3.05) is 18.7 Å². The molecule has 0 aromatic heterocycles. The molecule has 168 valence electrons. The Kier molecular flexibility index (Phi) is 6.63. The van der Waals surface area contributed by atoms with Crippen molar-refractivity contribution in [2.45, 2.75) is 6.92 Å². The van der Waals surface area contributed by atoms with Gasteiger partial charge in [-0.25, -0.2) is 26.7 Å². The summed E-state index contributed by atoms with van der Waals surface area (Å²) < 4.78 is 78.7. The maximum Gasteiger partial charge on any atom is 0.343 e. The molecule has 0 unspecified atom stereocenters. The van der Waals surface area contributed by atoms with Crippen LogP contribution in [0.25, 0.3) is 6.08 Å². The number of methoxy groups -OCH3 is 1. The molecular weight excluding hydrogens is 507 g/mol.